The van der Waals surface area contributed by atoms with Gasteiger partial charge in [0, 0.05) is 45.7 Å². The number of hydrogen-bond donors (Lipinski definition) is 0. The van der Waals surface area contributed by atoms with Gasteiger partial charge in [0.2, 0.25) is 6.10 Å². The number of piperazine rings is 1. The maximum absolute atomic E-state index is 12.6. The van der Waals surface area contributed by atoms with E-state index in [1.54, 1.807) is 19.3 Å². The fraction of sp³-hybridized carbons (Fsp3) is 0.625. The van der Waals surface area contributed by atoms with Crippen LogP contribution in [0.5, 0.6) is 0 Å². The van der Waals surface area contributed by atoms with Crippen molar-refractivity contribution in [2.75, 3.05) is 31.1 Å². The second-order valence-electron chi connectivity index (χ2n) is 6.52. The number of carbonyl (C=O) groups excluding carboxylic acids is 1. The number of aryl methyl sites for hydroxylation is 1. The molecule has 0 bridgehead atoms. The number of oxime groups is 1. The highest BCUT2D eigenvalue weighted by atomic mass is 16.6. The molecule has 1 atom stereocenters. The van der Waals surface area contributed by atoms with Crippen LogP contribution in [0.4, 0.5) is 5.69 Å². The first-order valence-corrected chi connectivity index (χ1v) is 8.25. The summed E-state index contributed by atoms with van der Waals surface area (Å²) in [6.45, 7) is 6.64. The van der Waals surface area contributed by atoms with Gasteiger partial charge in [0.05, 0.1) is 17.6 Å². The molecule has 0 unspecified atom stereocenters. The largest absolute Gasteiger partial charge is 0.382 e. The summed E-state index contributed by atoms with van der Waals surface area (Å²) in [5, 5.41) is 8.07. The van der Waals surface area contributed by atoms with Crippen LogP contribution in [-0.4, -0.2) is 58.6 Å². The van der Waals surface area contributed by atoms with E-state index < -0.39 is 6.10 Å². The van der Waals surface area contributed by atoms with Gasteiger partial charge in [-0.15, -0.1) is 0 Å². The van der Waals surface area contributed by atoms with Crippen LogP contribution in [0.15, 0.2) is 22.2 Å². The Bertz CT molecular complexity index is 704. The van der Waals surface area contributed by atoms with E-state index in [0.29, 0.717) is 38.5 Å². The maximum Gasteiger partial charge on any atom is 0.268 e. The van der Waals surface area contributed by atoms with Crippen molar-refractivity contribution in [1.82, 2.24) is 14.7 Å². The van der Waals surface area contributed by atoms with Crippen LogP contribution >= 0.6 is 0 Å². The molecule has 8 nitrogen and oxygen atoms in total. The molecule has 0 saturated carbocycles. The highest BCUT2D eigenvalue weighted by molar-refractivity contribution is 5.93. The summed E-state index contributed by atoms with van der Waals surface area (Å²) in [6, 6.07) is 1.58. The van der Waals surface area contributed by atoms with Gasteiger partial charge in [-0.1, -0.05) is 19.0 Å². The van der Waals surface area contributed by atoms with Crippen LogP contribution < -0.4 is 10.5 Å². The molecule has 0 aliphatic carbocycles. The molecule has 1 fully saturated rings. The zero-order valence-corrected chi connectivity index (χ0v) is 14.3. The molecule has 0 aromatic carbocycles. The lowest BCUT2D eigenvalue weighted by Crippen LogP contribution is -2.51. The molecule has 8 heteroatoms. The topological polar surface area (TPSA) is 80.0 Å². The van der Waals surface area contributed by atoms with Crippen LogP contribution in [0, 0.1) is 5.92 Å². The number of amides is 1. The van der Waals surface area contributed by atoms with Gasteiger partial charge < -0.3 is 14.6 Å². The van der Waals surface area contributed by atoms with Crippen LogP contribution in [0.25, 0.3) is 0 Å². The fourth-order valence-corrected chi connectivity index (χ4v) is 2.89. The second-order valence-corrected chi connectivity index (χ2v) is 6.52. The molecule has 3 rings (SSSR count). The summed E-state index contributed by atoms with van der Waals surface area (Å²) in [5.41, 5.74) is 1.61. The lowest BCUT2D eigenvalue weighted by atomic mass is 10.0. The molecule has 0 N–H and O–H groups in total. The van der Waals surface area contributed by atoms with Crippen molar-refractivity contribution in [3.63, 3.8) is 0 Å². The minimum atomic E-state index is -0.486. The third kappa shape index (κ3) is 3.27. The summed E-state index contributed by atoms with van der Waals surface area (Å²) in [4.78, 5) is 33.4. The molecule has 1 saturated heterocycles. The molecule has 1 aromatic rings. The first kappa shape index (κ1) is 16.5. The Balaban J connectivity index is 1.56. The Labute approximate surface area is 140 Å². The van der Waals surface area contributed by atoms with Crippen molar-refractivity contribution >= 4 is 17.3 Å². The number of aromatic nitrogens is 2. The third-order valence-corrected chi connectivity index (χ3v) is 4.54. The number of anilines is 1. The Morgan fingerprint density at radius 1 is 1.29 bits per heavy atom. The predicted molar refractivity (Wildman–Crippen MR) is 90.0 cm³/mol. The summed E-state index contributed by atoms with van der Waals surface area (Å²) >= 11 is 0. The molecular formula is C16H23N5O3. The lowest BCUT2D eigenvalue weighted by molar-refractivity contribution is -0.142. The van der Waals surface area contributed by atoms with E-state index >= 15 is 0 Å². The van der Waals surface area contributed by atoms with Gasteiger partial charge in [0.25, 0.3) is 11.5 Å². The summed E-state index contributed by atoms with van der Waals surface area (Å²) < 4.78 is 1.30. The summed E-state index contributed by atoms with van der Waals surface area (Å²) in [5.74, 6) is 0.295. The monoisotopic (exact) mass is 333 g/mol. The summed E-state index contributed by atoms with van der Waals surface area (Å²) in [6.07, 6.45) is 1.77. The standard InChI is InChI=1S/C16H23N5O3/c1-11(2)13-9-14(24-18-13)16(23)21-6-4-20(5-7-21)12-8-15(22)19(3)17-10-12/h8,10-11,14H,4-7,9H2,1-3H3/t14-/m1/s1. The van der Waals surface area contributed by atoms with Crippen LogP contribution in [0.1, 0.15) is 20.3 Å². The minimum Gasteiger partial charge on any atom is -0.382 e. The van der Waals surface area contributed by atoms with Crippen molar-refractivity contribution in [2.24, 2.45) is 18.1 Å². The normalized spacial score (nSPS) is 21.0. The SMILES string of the molecule is CC(C)C1=NO[C@@H](C(=O)N2CCN(c3cnn(C)c(=O)c3)CC2)C1. The van der Waals surface area contributed by atoms with E-state index in [4.69, 9.17) is 4.84 Å². The van der Waals surface area contributed by atoms with E-state index in [-0.39, 0.29) is 11.5 Å². The van der Waals surface area contributed by atoms with Gasteiger partial charge in [-0.05, 0) is 5.92 Å². The van der Waals surface area contributed by atoms with Gasteiger partial charge in [0.15, 0.2) is 0 Å². The first-order chi connectivity index (χ1) is 11.5. The Kier molecular flexibility index (Phi) is 4.55. The van der Waals surface area contributed by atoms with Gasteiger partial charge in [0.1, 0.15) is 0 Å². The van der Waals surface area contributed by atoms with Crippen molar-refractivity contribution in [3.05, 3.63) is 22.6 Å². The lowest BCUT2D eigenvalue weighted by Gasteiger charge is -2.36. The van der Waals surface area contributed by atoms with Gasteiger partial charge >= 0.3 is 0 Å². The molecule has 24 heavy (non-hydrogen) atoms. The van der Waals surface area contributed by atoms with E-state index in [1.807, 2.05) is 18.7 Å². The van der Waals surface area contributed by atoms with Gasteiger partial charge in [-0.25, -0.2) is 4.68 Å². The molecule has 1 aromatic heterocycles. The Morgan fingerprint density at radius 3 is 2.58 bits per heavy atom. The molecule has 2 aliphatic rings. The number of rotatable bonds is 3. The molecule has 0 spiro atoms. The molecule has 1 amide bonds. The van der Waals surface area contributed by atoms with Gasteiger partial charge in [-0.2, -0.15) is 5.10 Å². The Hall–Kier alpha value is -2.38. The predicted octanol–water partition coefficient (Wildman–Crippen LogP) is 0.230. The van der Waals surface area contributed by atoms with E-state index in [2.05, 4.69) is 15.2 Å². The quantitative estimate of drug-likeness (QED) is 0.791. The zero-order valence-electron chi connectivity index (χ0n) is 14.3. The minimum absolute atomic E-state index is 0.00356. The van der Waals surface area contributed by atoms with Crippen molar-refractivity contribution in [1.29, 1.82) is 0 Å². The zero-order chi connectivity index (χ0) is 17.3. The maximum atomic E-state index is 12.6. The average molecular weight is 333 g/mol. The number of carbonyl (C=O) groups is 1. The molecular weight excluding hydrogens is 310 g/mol. The molecule has 3 heterocycles. The Morgan fingerprint density at radius 2 is 2.00 bits per heavy atom. The highest BCUT2D eigenvalue weighted by Crippen LogP contribution is 2.20. The van der Waals surface area contributed by atoms with E-state index in [9.17, 15) is 9.59 Å². The summed E-state index contributed by atoms with van der Waals surface area (Å²) in [7, 11) is 1.62. The van der Waals surface area contributed by atoms with Crippen molar-refractivity contribution < 1.29 is 9.63 Å². The smallest absolute Gasteiger partial charge is 0.268 e. The molecule has 2 aliphatic heterocycles. The van der Waals surface area contributed by atoms with Crippen LogP contribution in [-0.2, 0) is 16.7 Å². The van der Waals surface area contributed by atoms with Crippen molar-refractivity contribution in [3.8, 4) is 0 Å². The number of nitrogens with zero attached hydrogens (tertiary/aromatic N) is 5. The molecule has 0 radical (unpaired) electrons. The fourth-order valence-electron chi connectivity index (χ4n) is 2.89. The van der Waals surface area contributed by atoms with Crippen LogP contribution in [0.2, 0.25) is 0 Å². The van der Waals surface area contributed by atoms with Crippen molar-refractivity contribution in [2.45, 2.75) is 26.4 Å². The number of hydrogen-bond acceptors (Lipinski definition) is 6. The first-order valence-electron chi connectivity index (χ1n) is 8.25. The van der Waals surface area contributed by atoms with E-state index in [1.165, 1.54) is 4.68 Å². The highest BCUT2D eigenvalue weighted by Gasteiger charge is 2.34. The second kappa shape index (κ2) is 6.62. The average Bonchev–Trinajstić information content (AvgIpc) is 3.07. The third-order valence-electron chi connectivity index (χ3n) is 4.54. The molecule has 130 valence electrons. The van der Waals surface area contributed by atoms with E-state index in [0.717, 1.165) is 11.4 Å². The van der Waals surface area contributed by atoms with Crippen LogP contribution in [0.3, 0.4) is 0 Å². The van der Waals surface area contributed by atoms with Gasteiger partial charge in [-0.3, -0.25) is 9.59 Å².